The maximum atomic E-state index is 11.8. The Kier molecular flexibility index (Phi) is 8.02. The number of aromatic nitrogens is 1. The van der Waals surface area contributed by atoms with Gasteiger partial charge in [-0.1, -0.05) is 0 Å². The van der Waals surface area contributed by atoms with Gasteiger partial charge < -0.3 is 14.7 Å². The van der Waals surface area contributed by atoms with Crippen molar-refractivity contribution in [3.05, 3.63) is 30.1 Å². The maximum absolute atomic E-state index is 11.8. The van der Waals surface area contributed by atoms with Crippen molar-refractivity contribution >= 4 is 35.4 Å². The van der Waals surface area contributed by atoms with E-state index in [1.807, 2.05) is 35.1 Å². The molecule has 11 heteroatoms. The van der Waals surface area contributed by atoms with Crippen molar-refractivity contribution in [2.45, 2.75) is 30.1 Å². The number of carbonyl (C=O) groups excluding carboxylic acids is 1. The molecule has 2 aliphatic rings. The van der Waals surface area contributed by atoms with Crippen LogP contribution in [-0.2, 0) is 20.9 Å². The van der Waals surface area contributed by atoms with Crippen molar-refractivity contribution in [3.8, 4) is 0 Å². The molecule has 1 atom stereocenters. The number of aliphatic carboxylic acids is 1. The van der Waals surface area contributed by atoms with Crippen LogP contribution in [0.5, 0.6) is 0 Å². The van der Waals surface area contributed by atoms with E-state index < -0.39 is 12.1 Å². The minimum atomic E-state index is -5.08. The molecular weight excluding hydrogens is 417 g/mol. The number of hydrogen-bond acceptors (Lipinski definition) is 6. The summed E-state index contributed by atoms with van der Waals surface area (Å²) in [5.41, 5.74) is 1.17. The van der Waals surface area contributed by atoms with Crippen LogP contribution in [-0.4, -0.2) is 74.7 Å². The number of amides is 1. The van der Waals surface area contributed by atoms with Crippen LogP contribution < -0.4 is 0 Å². The second-order valence-corrected chi connectivity index (χ2v) is 8.83. The van der Waals surface area contributed by atoms with Crippen LogP contribution in [0, 0.1) is 0 Å². The van der Waals surface area contributed by atoms with E-state index in [2.05, 4.69) is 4.98 Å². The summed E-state index contributed by atoms with van der Waals surface area (Å²) < 4.78 is 38.0. The Balaban J connectivity index is 0.000000345. The van der Waals surface area contributed by atoms with Gasteiger partial charge in [0, 0.05) is 31.2 Å². The highest BCUT2D eigenvalue weighted by Gasteiger charge is 2.50. The molecule has 0 saturated carbocycles. The number of ether oxygens (including phenoxy) is 1. The number of alkyl halides is 3. The monoisotopic (exact) mass is 438 g/mol. The normalized spacial score (nSPS) is 20.3. The van der Waals surface area contributed by atoms with E-state index in [-0.39, 0.29) is 10.7 Å². The van der Waals surface area contributed by atoms with Gasteiger partial charge >= 0.3 is 12.1 Å². The Morgan fingerprint density at radius 2 is 2.00 bits per heavy atom. The van der Waals surface area contributed by atoms with Gasteiger partial charge in [-0.2, -0.15) is 24.9 Å². The SMILES string of the molecule is CSCC(=O)N1CC2(CC(OCc3ccncc3)CS2)C1.O=C(O)C(F)(F)F. The molecule has 1 unspecified atom stereocenters. The average molecular weight is 438 g/mol. The van der Waals surface area contributed by atoms with Crippen molar-refractivity contribution in [2.24, 2.45) is 0 Å². The number of halogens is 3. The molecule has 0 aromatic carbocycles. The zero-order valence-corrected chi connectivity index (χ0v) is 16.8. The summed E-state index contributed by atoms with van der Waals surface area (Å²) in [6.07, 6.45) is 1.85. The van der Waals surface area contributed by atoms with Gasteiger partial charge in [0.25, 0.3) is 0 Å². The molecule has 2 saturated heterocycles. The molecule has 0 radical (unpaired) electrons. The summed E-state index contributed by atoms with van der Waals surface area (Å²) in [7, 11) is 0. The van der Waals surface area contributed by atoms with Gasteiger partial charge in [-0.05, 0) is 30.4 Å². The smallest absolute Gasteiger partial charge is 0.475 e. The highest BCUT2D eigenvalue weighted by Crippen LogP contribution is 2.46. The number of carboxylic acids is 1. The molecule has 1 aromatic rings. The van der Waals surface area contributed by atoms with Crippen molar-refractivity contribution in [1.29, 1.82) is 0 Å². The number of hydrogen-bond donors (Lipinski definition) is 1. The maximum Gasteiger partial charge on any atom is 0.490 e. The Morgan fingerprint density at radius 1 is 1.39 bits per heavy atom. The van der Waals surface area contributed by atoms with Crippen LogP contribution in [0.3, 0.4) is 0 Å². The minimum absolute atomic E-state index is 0.261. The van der Waals surface area contributed by atoms with Gasteiger partial charge in [0.05, 0.1) is 23.2 Å². The van der Waals surface area contributed by atoms with Gasteiger partial charge in [0.2, 0.25) is 5.91 Å². The highest BCUT2D eigenvalue weighted by molar-refractivity contribution is 8.01. The number of thioether (sulfide) groups is 2. The predicted octanol–water partition coefficient (Wildman–Crippen LogP) is 2.68. The van der Waals surface area contributed by atoms with Crippen molar-refractivity contribution in [1.82, 2.24) is 9.88 Å². The molecule has 1 amide bonds. The van der Waals surface area contributed by atoms with Crippen molar-refractivity contribution < 1.29 is 32.6 Å². The fourth-order valence-corrected chi connectivity index (χ4v) is 4.84. The molecule has 28 heavy (non-hydrogen) atoms. The van der Waals surface area contributed by atoms with Crippen LogP contribution in [0.4, 0.5) is 13.2 Å². The van der Waals surface area contributed by atoms with Crippen LogP contribution in [0.1, 0.15) is 12.0 Å². The summed E-state index contributed by atoms with van der Waals surface area (Å²) in [6.45, 7) is 2.44. The average Bonchev–Trinajstić information content (AvgIpc) is 3.04. The molecule has 0 bridgehead atoms. The lowest BCUT2D eigenvalue weighted by Crippen LogP contribution is -2.61. The van der Waals surface area contributed by atoms with Crippen molar-refractivity contribution in [2.75, 3.05) is 30.9 Å². The molecule has 3 rings (SSSR count). The molecule has 6 nitrogen and oxygen atoms in total. The largest absolute Gasteiger partial charge is 0.490 e. The van der Waals surface area contributed by atoms with E-state index in [1.165, 1.54) is 5.56 Å². The number of likely N-dealkylation sites (tertiary alicyclic amines) is 1. The molecule has 0 aliphatic carbocycles. The lowest BCUT2D eigenvalue weighted by atomic mass is 9.93. The standard InChI is InChI=1S/C15H20N2O2S2.C2HF3O2/c1-20-9-14(18)17-10-15(11-17)6-13(8-21-15)19-7-12-2-4-16-5-3-12;3-2(4,5)1(6)7/h2-5,13H,6-11H2,1H3;(H,6,7). The Hall–Kier alpha value is -1.46. The Labute approximate surface area is 169 Å². The first-order valence-electron chi connectivity index (χ1n) is 8.36. The molecule has 156 valence electrons. The van der Waals surface area contributed by atoms with E-state index in [0.29, 0.717) is 18.5 Å². The zero-order chi connectivity index (χ0) is 20.8. The first-order chi connectivity index (χ1) is 13.1. The number of carboxylic acid groups (broad SMARTS) is 1. The van der Waals surface area contributed by atoms with Crippen LogP contribution >= 0.6 is 23.5 Å². The zero-order valence-electron chi connectivity index (χ0n) is 15.1. The van der Waals surface area contributed by atoms with Crippen LogP contribution in [0.15, 0.2) is 24.5 Å². The van der Waals surface area contributed by atoms with Gasteiger partial charge in [-0.25, -0.2) is 4.79 Å². The lowest BCUT2D eigenvalue weighted by Gasteiger charge is -2.47. The van der Waals surface area contributed by atoms with Crippen molar-refractivity contribution in [3.63, 3.8) is 0 Å². The number of rotatable bonds is 5. The lowest BCUT2D eigenvalue weighted by molar-refractivity contribution is -0.192. The Morgan fingerprint density at radius 3 is 2.54 bits per heavy atom. The molecular formula is C17H21F3N2O4S2. The summed E-state index contributed by atoms with van der Waals surface area (Å²) in [5, 5.41) is 7.12. The molecule has 1 N–H and O–H groups in total. The molecule has 3 heterocycles. The predicted molar refractivity (Wildman–Crippen MR) is 101 cm³/mol. The van der Waals surface area contributed by atoms with Crippen LogP contribution in [0.25, 0.3) is 0 Å². The second kappa shape index (κ2) is 9.84. The second-order valence-electron chi connectivity index (χ2n) is 6.47. The van der Waals surface area contributed by atoms with E-state index in [4.69, 9.17) is 14.6 Å². The third kappa shape index (κ3) is 6.56. The van der Waals surface area contributed by atoms with E-state index in [9.17, 15) is 18.0 Å². The minimum Gasteiger partial charge on any atom is -0.475 e. The van der Waals surface area contributed by atoms with Gasteiger partial charge in [-0.15, -0.1) is 11.8 Å². The third-order valence-electron chi connectivity index (χ3n) is 4.23. The molecule has 1 spiro atoms. The van der Waals surface area contributed by atoms with Gasteiger partial charge in [0.1, 0.15) is 0 Å². The molecule has 1 aromatic heterocycles. The quantitative estimate of drug-likeness (QED) is 0.757. The van der Waals surface area contributed by atoms with Crippen LogP contribution in [0.2, 0.25) is 0 Å². The van der Waals surface area contributed by atoms with E-state index >= 15 is 0 Å². The van der Waals surface area contributed by atoms with E-state index in [1.54, 1.807) is 24.2 Å². The Bertz CT molecular complexity index is 670. The van der Waals surface area contributed by atoms with E-state index in [0.717, 1.165) is 25.3 Å². The third-order valence-corrected chi connectivity index (χ3v) is 6.34. The summed E-state index contributed by atoms with van der Waals surface area (Å²) in [5.74, 6) is -0.847. The topological polar surface area (TPSA) is 79.7 Å². The molecule has 2 aliphatic heterocycles. The number of carbonyl (C=O) groups is 2. The fraction of sp³-hybridized carbons (Fsp3) is 0.588. The first-order valence-corrected chi connectivity index (χ1v) is 10.7. The summed E-state index contributed by atoms with van der Waals surface area (Å²) >= 11 is 3.57. The summed E-state index contributed by atoms with van der Waals surface area (Å²) in [6, 6.07) is 3.98. The molecule has 2 fully saturated rings. The number of pyridine rings is 1. The summed E-state index contributed by atoms with van der Waals surface area (Å²) in [4.78, 5) is 26.7. The van der Waals surface area contributed by atoms with Gasteiger partial charge in [0.15, 0.2) is 0 Å². The van der Waals surface area contributed by atoms with Gasteiger partial charge in [-0.3, -0.25) is 9.78 Å². The highest BCUT2D eigenvalue weighted by atomic mass is 32.2. The fourth-order valence-electron chi connectivity index (χ4n) is 2.86. The number of nitrogens with zero attached hydrogens (tertiary/aromatic N) is 2. The first kappa shape index (κ1) is 22.8.